The van der Waals surface area contributed by atoms with Crippen LogP contribution in [-0.4, -0.2) is 15.0 Å². The van der Waals surface area contributed by atoms with Gasteiger partial charge in [-0.1, -0.05) is 77.9 Å². The van der Waals surface area contributed by atoms with Gasteiger partial charge in [-0.15, -0.1) is 15.0 Å². The van der Waals surface area contributed by atoms with Crippen LogP contribution in [0, 0.1) is 0 Å². The lowest BCUT2D eigenvalue weighted by molar-refractivity contribution is 0.361. The molecule has 0 atom stereocenters. The van der Waals surface area contributed by atoms with Gasteiger partial charge in [0.1, 0.15) is 17.2 Å². The molecule has 6 heteroatoms. The van der Waals surface area contributed by atoms with Gasteiger partial charge in [0, 0.05) is 0 Å². The van der Waals surface area contributed by atoms with Gasteiger partial charge in [0.2, 0.25) is 0 Å². The van der Waals surface area contributed by atoms with E-state index in [2.05, 4.69) is 74.7 Å². The van der Waals surface area contributed by atoms with Crippen molar-refractivity contribution in [1.29, 1.82) is 0 Å². The lowest BCUT2D eigenvalue weighted by Crippen LogP contribution is -2.02. The number of ether oxygens (including phenoxy) is 3. The number of hydrogen-bond acceptors (Lipinski definition) is 6. The zero-order valence-corrected chi connectivity index (χ0v) is 21.7. The summed E-state index contributed by atoms with van der Waals surface area (Å²) in [7, 11) is 0. The van der Waals surface area contributed by atoms with E-state index in [1.54, 1.807) is 0 Å². The maximum absolute atomic E-state index is 6.03. The van der Waals surface area contributed by atoms with E-state index in [1.165, 1.54) is 0 Å². The molecule has 1 aromatic heterocycles. The highest BCUT2D eigenvalue weighted by atomic mass is 16.5. The Kier molecular flexibility index (Phi) is 7.84. The zero-order chi connectivity index (χ0) is 25.7. The fourth-order valence-electron chi connectivity index (χ4n) is 3.59. The predicted molar refractivity (Wildman–Crippen MR) is 142 cm³/mol. The van der Waals surface area contributed by atoms with Crippen LogP contribution >= 0.6 is 0 Å². The maximum atomic E-state index is 6.03. The molecule has 36 heavy (non-hydrogen) atoms. The van der Waals surface area contributed by atoms with Gasteiger partial charge >= 0.3 is 18.0 Å². The average Bonchev–Trinajstić information content (AvgIpc) is 2.84. The first-order chi connectivity index (χ1) is 17.3. The lowest BCUT2D eigenvalue weighted by atomic mass is 10.0. The Labute approximate surface area is 213 Å². The molecule has 0 N–H and O–H groups in total. The summed E-state index contributed by atoms with van der Waals surface area (Å²) < 4.78 is 18.1. The van der Waals surface area contributed by atoms with Crippen molar-refractivity contribution in [2.45, 2.75) is 59.3 Å². The Morgan fingerprint density at radius 3 is 0.972 bits per heavy atom. The van der Waals surface area contributed by atoms with E-state index < -0.39 is 0 Å². The molecule has 4 rings (SSSR count). The van der Waals surface area contributed by atoms with Crippen molar-refractivity contribution >= 4 is 0 Å². The number of aromatic nitrogens is 3. The first-order valence-corrected chi connectivity index (χ1v) is 12.4. The van der Waals surface area contributed by atoms with E-state index in [9.17, 15) is 0 Å². The highest BCUT2D eigenvalue weighted by Gasteiger charge is 2.14. The Morgan fingerprint density at radius 2 is 0.722 bits per heavy atom. The third-order valence-electron chi connectivity index (χ3n) is 5.78. The molecule has 0 aliphatic heterocycles. The van der Waals surface area contributed by atoms with Gasteiger partial charge in [-0.25, -0.2) is 0 Å². The molecule has 0 fully saturated rings. The fraction of sp³-hybridized carbons (Fsp3) is 0.300. The van der Waals surface area contributed by atoms with E-state index in [1.807, 2.05) is 54.6 Å². The lowest BCUT2D eigenvalue weighted by Gasteiger charge is -2.12. The van der Waals surface area contributed by atoms with Gasteiger partial charge in [0.25, 0.3) is 0 Å². The molecule has 0 saturated carbocycles. The third kappa shape index (κ3) is 6.60. The van der Waals surface area contributed by atoms with Crippen molar-refractivity contribution in [2.24, 2.45) is 0 Å². The Hall–Kier alpha value is -3.93. The molecule has 4 aromatic rings. The number of benzene rings is 3. The molecular weight excluding hydrogens is 450 g/mol. The van der Waals surface area contributed by atoms with Gasteiger partial charge in [0.15, 0.2) is 0 Å². The van der Waals surface area contributed by atoms with Gasteiger partial charge in [-0.2, -0.15) is 0 Å². The second-order valence-corrected chi connectivity index (χ2v) is 9.67. The van der Waals surface area contributed by atoms with Gasteiger partial charge in [0.05, 0.1) is 0 Å². The molecule has 0 aliphatic rings. The molecular formula is C30H33N3O3. The highest BCUT2D eigenvalue weighted by molar-refractivity contribution is 5.35. The number of rotatable bonds is 9. The van der Waals surface area contributed by atoms with E-state index in [-0.39, 0.29) is 18.0 Å². The van der Waals surface area contributed by atoms with Crippen LogP contribution in [0.1, 0.15) is 76.0 Å². The van der Waals surface area contributed by atoms with Gasteiger partial charge in [-0.05, 0) is 70.8 Å². The summed E-state index contributed by atoms with van der Waals surface area (Å²) in [6, 6.07) is 23.9. The molecule has 3 aromatic carbocycles. The van der Waals surface area contributed by atoms with E-state index in [0.29, 0.717) is 35.0 Å². The van der Waals surface area contributed by atoms with Gasteiger partial charge < -0.3 is 14.2 Å². The van der Waals surface area contributed by atoms with Crippen molar-refractivity contribution in [2.75, 3.05) is 0 Å². The average molecular weight is 484 g/mol. The second kappa shape index (κ2) is 11.2. The molecule has 1 heterocycles. The summed E-state index contributed by atoms with van der Waals surface area (Å²) in [5, 5.41) is 0. The molecule has 0 spiro atoms. The van der Waals surface area contributed by atoms with E-state index in [4.69, 9.17) is 14.2 Å². The van der Waals surface area contributed by atoms with Crippen molar-refractivity contribution < 1.29 is 14.2 Å². The van der Waals surface area contributed by atoms with E-state index in [0.717, 1.165) is 16.7 Å². The fourth-order valence-corrected chi connectivity index (χ4v) is 3.59. The predicted octanol–water partition coefficient (Wildman–Crippen LogP) is 8.62. The summed E-state index contributed by atoms with van der Waals surface area (Å²) in [5.41, 5.74) is 3.47. The summed E-state index contributed by atoms with van der Waals surface area (Å²) >= 11 is 0. The Bertz CT molecular complexity index is 1150. The molecule has 6 nitrogen and oxygen atoms in total. The molecule has 0 amide bonds. The summed E-state index contributed by atoms with van der Waals surface area (Å²) in [5.74, 6) is 3.00. The van der Waals surface area contributed by atoms with Crippen LogP contribution in [-0.2, 0) is 0 Å². The minimum atomic E-state index is 0.0935. The van der Waals surface area contributed by atoms with Crippen LogP contribution in [0.2, 0.25) is 0 Å². The van der Waals surface area contributed by atoms with Crippen molar-refractivity contribution in [3.05, 3.63) is 89.5 Å². The van der Waals surface area contributed by atoms with Crippen LogP contribution < -0.4 is 14.2 Å². The Balaban J connectivity index is 1.67. The summed E-state index contributed by atoms with van der Waals surface area (Å²) in [4.78, 5) is 13.2. The zero-order valence-electron chi connectivity index (χ0n) is 21.7. The minimum absolute atomic E-state index is 0.0935. The maximum Gasteiger partial charge on any atom is 0.331 e. The van der Waals surface area contributed by atoms with Gasteiger partial charge in [-0.3, -0.25) is 0 Å². The molecule has 186 valence electrons. The van der Waals surface area contributed by atoms with Crippen molar-refractivity contribution in [3.63, 3.8) is 0 Å². The quantitative estimate of drug-likeness (QED) is 0.237. The largest absolute Gasteiger partial charge is 0.424 e. The normalized spacial score (nSPS) is 11.2. The molecule has 0 saturated heterocycles. The first-order valence-electron chi connectivity index (χ1n) is 12.4. The van der Waals surface area contributed by atoms with Crippen molar-refractivity contribution in [1.82, 2.24) is 15.0 Å². The summed E-state index contributed by atoms with van der Waals surface area (Å²) in [6.07, 6.45) is 0. The number of hydrogen-bond donors (Lipinski definition) is 0. The van der Waals surface area contributed by atoms with Crippen molar-refractivity contribution in [3.8, 4) is 35.3 Å². The molecule has 0 bridgehead atoms. The second-order valence-electron chi connectivity index (χ2n) is 9.67. The van der Waals surface area contributed by atoms with Crippen LogP contribution in [0.5, 0.6) is 35.3 Å². The smallest absolute Gasteiger partial charge is 0.331 e. The standard InChI is InChI=1S/C30H33N3O3/c1-19(2)22-10-7-13-25(16-22)34-28-31-29(35-26-14-8-11-23(17-26)20(3)4)33-30(32-28)36-27-15-9-12-24(18-27)21(5)6/h7-21H,1-6H3. The molecule has 0 unspecified atom stereocenters. The summed E-state index contributed by atoms with van der Waals surface area (Å²) in [6.45, 7) is 12.8. The number of nitrogens with zero attached hydrogens (tertiary/aromatic N) is 3. The monoisotopic (exact) mass is 483 g/mol. The third-order valence-corrected chi connectivity index (χ3v) is 5.78. The molecule has 0 aliphatic carbocycles. The van der Waals surface area contributed by atoms with E-state index >= 15 is 0 Å². The van der Waals surface area contributed by atoms with Crippen LogP contribution in [0.3, 0.4) is 0 Å². The topological polar surface area (TPSA) is 66.4 Å². The molecule has 0 radical (unpaired) electrons. The first kappa shape index (κ1) is 25.2. The van der Waals surface area contributed by atoms with Crippen LogP contribution in [0.15, 0.2) is 72.8 Å². The van der Waals surface area contributed by atoms with Crippen LogP contribution in [0.4, 0.5) is 0 Å². The highest BCUT2D eigenvalue weighted by Crippen LogP contribution is 2.30. The van der Waals surface area contributed by atoms with Crippen LogP contribution in [0.25, 0.3) is 0 Å². The SMILES string of the molecule is CC(C)c1cccc(Oc2nc(Oc3cccc(C(C)C)c3)nc(Oc3cccc(C(C)C)c3)n2)c1. The minimum Gasteiger partial charge on any atom is -0.424 e. The Morgan fingerprint density at radius 1 is 0.444 bits per heavy atom.